The van der Waals surface area contributed by atoms with Crippen molar-refractivity contribution >= 4 is 11.1 Å². The highest BCUT2D eigenvalue weighted by Gasteiger charge is 2.19. The van der Waals surface area contributed by atoms with Gasteiger partial charge < -0.3 is 15.5 Å². The standard InChI is InChI=1S/C27H31NO2/c1-3-25(30)16-11-20(2)27(23-14-12-21(13-15-23)24-18-28-19-24)26(10-7-17-29)22-8-5-4-6-9-22/h3-6,8-9,11-16,24,28-30H,2,7,10,17-19H2,1H3/b16-11-,25-3+,27-26-. The van der Waals surface area contributed by atoms with Crippen molar-refractivity contribution in [2.75, 3.05) is 19.7 Å². The predicted molar refractivity (Wildman–Crippen MR) is 126 cm³/mol. The van der Waals surface area contributed by atoms with Gasteiger partial charge in [-0.25, -0.2) is 0 Å². The van der Waals surface area contributed by atoms with E-state index in [1.165, 1.54) is 5.56 Å². The Hall–Kier alpha value is -2.88. The first-order valence-electron chi connectivity index (χ1n) is 10.6. The Morgan fingerprint density at radius 1 is 1.03 bits per heavy atom. The summed E-state index contributed by atoms with van der Waals surface area (Å²) in [4.78, 5) is 0. The van der Waals surface area contributed by atoms with Crippen molar-refractivity contribution in [2.45, 2.75) is 25.7 Å². The van der Waals surface area contributed by atoms with Crippen LogP contribution in [-0.2, 0) is 0 Å². The van der Waals surface area contributed by atoms with Crippen molar-refractivity contribution in [2.24, 2.45) is 0 Å². The van der Waals surface area contributed by atoms with Crippen molar-refractivity contribution < 1.29 is 10.2 Å². The van der Waals surface area contributed by atoms with Gasteiger partial charge in [-0.2, -0.15) is 0 Å². The maximum atomic E-state index is 9.87. The normalized spacial score (nSPS) is 15.7. The van der Waals surface area contributed by atoms with Gasteiger partial charge in [-0.15, -0.1) is 0 Å². The van der Waals surface area contributed by atoms with Crippen LogP contribution in [-0.4, -0.2) is 29.9 Å². The van der Waals surface area contributed by atoms with Crippen molar-refractivity contribution in [1.29, 1.82) is 0 Å². The Bertz CT molecular complexity index is 933. The Balaban J connectivity index is 2.09. The molecule has 1 heterocycles. The highest BCUT2D eigenvalue weighted by Crippen LogP contribution is 2.36. The lowest BCUT2D eigenvalue weighted by Crippen LogP contribution is -2.39. The van der Waals surface area contributed by atoms with E-state index in [9.17, 15) is 10.2 Å². The summed E-state index contributed by atoms with van der Waals surface area (Å²) < 4.78 is 0. The third-order valence-corrected chi connectivity index (χ3v) is 5.53. The van der Waals surface area contributed by atoms with Gasteiger partial charge in [0, 0.05) is 25.6 Å². The summed E-state index contributed by atoms with van der Waals surface area (Å²) in [6, 6.07) is 19.0. The third-order valence-electron chi connectivity index (χ3n) is 5.53. The molecule has 0 unspecified atom stereocenters. The van der Waals surface area contributed by atoms with Crippen LogP contribution in [0.4, 0.5) is 0 Å². The number of allylic oxidation sites excluding steroid dienone is 6. The fraction of sp³-hybridized carbons (Fsp3) is 0.259. The average molecular weight is 402 g/mol. The highest BCUT2D eigenvalue weighted by atomic mass is 16.3. The van der Waals surface area contributed by atoms with Crippen molar-refractivity contribution in [3.05, 3.63) is 107 Å². The molecule has 0 atom stereocenters. The van der Waals surface area contributed by atoms with E-state index in [2.05, 4.69) is 48.3 Å². The van der Waals surface area contributed by atoms with Gasteiger partial charge in [-0.05, 0) is 65.3 Å². The minimum absolute atomic E-state index is 0.138. The molecule has 2 aromatic carbocycles. The van der Waals surface area contributed by atoms with Crippen LogP contribution in [0, 0.1) is 0 Å². The molecule has 0 radical (unpaired) electrons. The Kier molecular flexibility index (Phi) is 7.83. The van der Waals surface area contributed by atoms with Gasteiger partial charge in [0.05, 0.1) is 0 Å². The zero-order valence-corrected chi connectivity index (χ0v) is 17.6. The monoisotopic (exact) mass is 401 g/mol. The zero-order valence-electron chi connectivity index (χ0n) is 17.6. The van der Waals surface area contributed by atoms with Gasteiger partial charge in [-0.3, -0.25) is 0 Å². The van der Waals surface area contributed by atoms with Crippen LogP contribution in [0.3, 0.4) is 0 Å². The maximum absolute atomic E-state index is 9.87. The number of benzene rings is 2. The number of aliphatic hydroxyl groups is 2. The molecule has 3 rings (SSSR count). The zero-order chi connectivity index (χ0) is 21.3. The molecule has 0 saturated carbocycles. The van der Waals surface area contributed by atoms with E-state index in [-0.39, 0.29) is 12.4 Å². The first kappa shape index (κ1) is 21.8. The van der Waals surface area contributed by atoms with Crippen LogP contribution >= 0.6 is 0 Å². The number of hydrogen-bond acceptors (Lipinski definition) is 3. The summed E-state index contributed by atoms with van der Waals surface area (Å²) in [5, 5.41) is 22.7. The molecule has 156 valence electrons. The smallest absolute Gasteiger partial charge is 0.111 e. The second kappa shape index (κ2) is 10.8. The molecular weight excluding hydrogens is 370 g/mol. The summed E-state index contributed by atoms with van der Waals surface area (Å²) in [5.41, 5.74) is 6.60. The molecular formula is C27H31NO2. The summed E-state index contributed by atoms with van der Waals surface area (Å²) in [6.45, 7) is 8.32. The molecule has 0 amide bonds. The number of rotatable bonds is 9. The van der Waals surface area contributed by atoms with E-state index in [1.807, 2.05) is 24.3 Å². The fourth-order valence-electron chi connectivity index (χ4n) is 3.67. The summed E-state index contributed by atoms with van der Waals surface area (Å²) in [5.74, 6) is 0.796. The van der Waals surface area contributed by atoms with Crippen LogP contribution in [0.5, 0.6) is 0 Å². The molecule has 0 spiro atoms. The van der Waals surface area contributed by atoms with E-state index in [1.54, 1.807) is 19.1 Å². The van der Waals surface area contributed by atoms with Gasteiger partial charge in [0.15, 0.2) is 0 Å². The lowest BCUT2D eigenvalue weighted by Gasteiger charge is -2.27. The predicted octanol–water partition coefficient (Wildman–Crippen LogP) is 5.63. The van der Waals surface area contributed by atoms with Crippen LogP contribution in [0.2, 0.25) is 0 Å². The molecule has 1 saturated heterocycles. The van der Waals surface area contributed by atoms with E-state index in [0.717, 1.165) is 47.4 Å². The first-order chi connectivity index (χ1) is 14.6. The highest BCUT2D eigenvalue weighted by molar-refractivity contribution is 5.99. The molecule has 1 aliphatic rings. The topological polar surface area (TPSA) is 52.5 Å². The molecule has 1 aliphatic heterocycles. The lowest BCUT2D eigenvalue weighted by atomic mass is 9.86. The third kappa shape index (κ3) is 5.38. The minimum atomic E-state index is 0.138. The Labute approximate surface area is 179 Å². The second-order valence-electron chi connectivity index (χ2n) is 7.60. The van der Waals surface area contributed by atoms with Gasteiger partial charge in [0.1, 0.15) is 5.76 Å². The quantitative estimate of drug-likeness (QED) is 0.290. The molecule has 1 fully saturated rings. The average Bonchev–Trinajstić information content (AvgIpc) is 2.75. The van der Waals surface area contributed by atoms with Gasteiger partial charge >= 0.3 is 0 Å². The van der Waals surface area contributed by atoms with Crippen LogP contribution < -0.4 is 5.32 Å². The molecule has 0 aliphatic carbocycles. The summed E-state index contributed by atoms with van der Waals surface area (Å²) >= 11 is 0. The summed E-state index contributed by atoms with van der Waals surface area (Å²) in [6.07, 6.45) is 6.60. The molecule has 0 bridgehead atoms. The SMILES string of the molecule is C=C(/C=C\C(O)=C/C)/C(=C(\CCCO)c1ccccc1)c1ccc(C2CNC2)cc1. The summed E-state index contributed by atoms with van der Waals surface area (Å²) in [7, 11) is 0. The molecule has 3 heteroatoms. The number of aliphatic hydroxyl groups excluding tert-OH is 2. The Morgan fingerprint density at radius 2 is 1.73 bits per heavy atom. The molecule has 0 aromatic heterocycles. The van der Waals surface area contributed by atoms with Gasteiger partial charge in [-0.1, -0.05) is 67.3 Å². The maximum Gasteiger partial charge on any atom is 0.111 e. The number of nitrogens with one attached hydrogen (secondary N) is 1. The van der Waals surface area contributed by atoms with E-state index in [0.29, 0.717) is 12.3 Å². The fourth-order valence-corrected chi connectivity index (χ4v) is 3.67. The van der Waals surface area contributed by atoms with Gasteiger partial charge in [0.2, 0.25) is 0 Å². The Morgan fingerprint density at radius 3 is 2.30 bits per heavy atom. The van der Waals surface area contributed by atoms with Crippen molar-refractivity contribution in [1.82, 2.24) is 5.32 Å². The largest absolute Gasteiger partial charge is 0.508 e. The van der Waals surface area contributed by atoms with Crippen LogP contribution in [0.1, 0.15) is 42.4 Å². The lowest BCUT2D eigenvalue weighted by molar-refractivity contribution is 0.290. The van der Waals surface area contributed by atoms with Crippen LogP contribution in [0.15, 0.2) is 90.7 Å². The second-order valence-corrected chi connectivity index (χ2v) is 7.60. The van der Waals surface area contributed by atoms with E-state index >= 15 is 0 Å². The molecule has 30 heavy (non-hydrogen) atoms. The molecule has 3 N–H and O–H groups in total. The molecule has 2 aromatic rings. The number of hydrogen-bond donors (Lipinski definition) is 3. The van der Waals surface area contributed by atoms with E-state index in [4.69, 9.17) is 0 Å². The van der Waals surface area contributed by atoms with Crippen LogP contribution in [0.25, 0.3) is 11.1 Å². The van der Waals surface area contributed by atoms with E-state index < -0.39 is 0 Å². The first-order valence-corrected chi connectivity index (χ1v) is 10.6. The minimum Gasteiger partial charge on any atom is -0.508 e. The van der Waals surface area contributed by atoms with Gasteiger partial charge in [0.25, 0.3) is 0 Å². The van der Waals surface area contributed by atoms with Crippen molar-refractivity contribution in [3.8, 4) is 0 Å². The molecule has 3 nitrogen and oxygen atoms in total. The van der Waals surface area contributed by atoms with Crippen molar-refractivity contribution in [3.63, 3.8) is 0 Å².